The molecular formula is C25H28N2O4S2. The van der Waals surface area contributed by atoms with E-state index in [0.717, 1.165) is 21.9 Å². The largest absolute Gasteiger partial charge is 0.494 e. The Balaban J connectivity index is 1.66. The van der Waals surface area contributed by atoms with Crippen molar-refractivity contribution < 1.29 is 17.9 Å². The van der Waals surface area contributed by atoms with Gasteiger partial charge in [-0.1, -0.05) is 30.3 Å². The van der Waals surface area contributed by atoms with Gasteiger partial charge in [0.25, 0.3) is 0 Å². The maximum absolute atomic E-state index is 12.9. The van der Waals surface area contributed by atoms with Crippen LogP contribution in [0.15, 0.2) is 83.8 Å². The molecule has 0 saturated carbocycles. The third kappa shape index (κ3) is 7.00. The summed E-state index contributed by atoms with van der Waals surface area (Å²) < 4.78 is 31.5. The van der Waals surface area contributed by atoms with Gasteiger partial charge in [-0.25, -0.2) is 8.42 Å². The third-order valence-electron chi connectivity index (χ3n) is 4.86. The van der Waals surface area contributed by atoms with Gasteiger partial charge in [0, 0.05) is 16.3 Å². The Morgan fingerprint density at radius 2 is 1.64 bits per heavy atom. The topological polar surface area (TPSA) is 75.7 Å². The minimum atomic E-state index is -3.69. The second kappa shape index (κ2) is 11.2. The molecule has 174 valence electrons. The van der Waals surface area contributed by atoms with Crippen molar-refractivity contribution in [2.45, 2.75) is 30.5 Å². The molecule has 0 radical (unpaired) electrons. The third-order valence-corrected chi connectivity index (χ3v) is 7.19. The Kier molecular flexibility index (Phi) is 8.41. The molecule has 0 bridgehead atoms. The molecule has 0 aliphatic heterocycles. The van der Waals surface area contributed by atoms with Gasteiger partial charge in [0.15, 0.2) is 0 Å². The summed E-state index contributed by atoms with van der Waals surface area (Å²) in [7, 11) is -3.69. The minimum absolute atomic E-state index is 0.400. The number of nitrogens with one attached hydrogen (secondary N) is 1. The molecule has 0 spiro atoms. The molecular weight excluding hydrogens is 456 g/mol. The molecule has 0 aliphatic rings. The standard InChI is InChI=1S/C25H28N2O4S2/c1-4-31-23-16-14-22(15-17-23)27(33(3,29)30)19(2)25(28)26-21-12-10-20(11-13-21)18-32-24-8-6-5-7-9-24/h5-17,19H,4,18H2,1-3H3,(H,26,28). The van der Waals surface area contributed by atoms with Crippen molar-refractivity contribution in [1.29, 1.82) is 0 Å². The highest BCUT2D eigenvalue weighted by molar-refractivity contribution is 7.98. The number of thioether (sulfide) groups is 1. The van der Waals surface area contributed by atoms with Crippen LogP contribution >= 0.6 is 11.8 Å². The monoisotopic (exact) mass is 484 g/mol. The number of hydrogen-bond donors (Lipinski definition) is 1. The van der Waals surface area contributed by atoms with Gasteiger partial charge in [0.2, 0.25) is 15.9 Å². The van der Waals surface area contributed by atoms with Crippen LogP contribution in [0.1, 0.15) is 19.4 Å². The van der Waals surface area contributed by atoms with E-state index in [-0.39, 0.29) is 0 Å². The number of ether oxygens (including phenoxy) is 1. The van der Waals surface area contributed by atoms with Gasteiger partial charge in [-0.15, -0.1) is 11.8 Å². The van der Waals surface area contributed by atoms with Crippen molar-refractivity contribution in [3.8, 4) is 5.75 Å². The first kappa shape index (κ1) is 24.7. The van der Waals surface area contributed by atoms with E-state index in [0.29, 0.717) is 23.7 Å². The van der Waals surface area contributed by atoms with Gasteiger partial charge < -0.3 is 10.1 Å². The van der Waals surface area contributed by atoms with E-state index in [2.05, 4.69) is 17.4 Å². The number of nitrogens with zero attached hydrogens (tertiary/aromatic N) is 1. The molecule has 0 aliphatic carbocycles. The lowest BCUT2D eigenvalue weighted by atomic mass is 10.2. The van der Waals surface area contributed by atoms with Crippen LogP contribution in [-0.4, -0.2) is 33.2 Å². The average molecular weight is 485 g/mol. The van der Waals surface area contributed by atoms with Crippen LogP contribution in [-0.2, 0) is 20.6 Å². The van der Waals surface area contributed by atoms with Crippen molar-refractivity contribution in [1.82, 2.24) is 0 Å². The zero-order valence-corrected chi connectivity index (χ0v) is 20.5. The molecule has 1 unspecified atom stereocenters. The fourth-order valence-electron chi connectivity index (χ4n) is 3.28. The van der Waals surface area contributed by atoms with Gasteiger partial charge in [-0.2, -0.15) is 0 Å². The number of benzene rings is 3. The van der Waals surface area contributed by atoms with Crippen molar-refractivity contribution in [2.75, 3.05) is 22.5 Å². The van der Waals surface area contributed by atoms with E-state index in [1.54, 1.807) is 43.0 Å². The van der Waals surface area contributed by atoms with Gasteiger partial charge in [0.1, 0.15) is 11.8 Å². The summed E-state index contributed by atoms with van der Waals surface area (Å²) in [5, 5.41) is 2.82. The number of hydrogen-bond acceptors (Lipinski definition) is 5. The predicted octanol–water partition coefficient (Wildman–Crippen LogP) is 5.17. The highest BCUT2D eigenvalue weighted by Crippen LogP contribution is 2.25. The van der Waals surface area contributed by atoms with Crippen LogP contribution in [0.25, 0.3) is 0 Å². The Morgan fingerprint density at radius 1 is 1.00 bits per heavy atom. The number of sulfonamides is 1. The van der Waals surface area contributed by atoms with E-state index < -0.39 is 22.0 Å². The first-order valence-electron chi connectivity index (χ1n) is 10.6. The Morgan fingerprint density at radius 3 is 2.21 bits per heavy atom. The number of carbonyl (C=O) groups excluding carboxylic acids is 1. The summed E-state index contributed by atoms with van der Waals surface area (Å²) in [5.41, 5.74) is 2.14. The minimum Gasteiger partial charge on any atom is -0.494 e. The first-order chi connectivity index (χ1) is 15.8. The van der Waals surface area contributed by atoms with Crippen LogP contribution in [0.2, 0.25) is 0 Å². The van der Waals surface area contributed by atoms with Gasteiger partial charge in [-0.3, -0.25) is 9.10 Å². The molecule has 0 aromatic heterocycles. The highest BCUT2D eigenvalue weighted by Gasteiger charge is 2.29. The van der Waals surface area contributed by atoms with Crippen molar-refractivity contribution in [3.63, 3.8) is 0 Å². The zero-order valence-electron chi connectivity index (χ0n) is 18.9. The SMILES string of the molecule is CCOc1ccc(N(C(C)C(=O)Nc2ccc(CSc3ccccc3)cc2)S(C)(=O)=O)cc1. The van der Waals surface area contributed by atoms with Crippen LogP contribution in [0.3, 0.4) is 0 Å². The Labute approximate surface area is 200 Å². The summed E-state index contributed by atoms with van der Waals surface area (Å²) >= 11 is 1.74. The molecule has 0 heterocycles. The molecule has 1 atom stereocenters. The fraction of sp³-hybridized carbons (Fsp3) is 0.240. The number of rotatable bonds is 10. The second-order valence-corrected chi connectivity index (χ2v) is 10.4. The molecule has 1 amide bonds. The fourth-order valence-corrected chi connectivity index (χ4v) is 5.33. The molecule has 3 rings (SSSR count). The number of anilines is 2. The highest BCUT2D eigenvalue weighted by atomic mass is 32.2. The second-order valence-electron chi connectivity index (χ2n) is 7.45. The average Bonchev–Trinajstić information content (AvgIpc) is 2.80. The number of carbonyl (C=O) groups is 1. The molecule has 3 aromatic carbocycles. The maximum atomic E-state index is 12.9. The summed E-state index contributed by atoms with van der Waals surface area (Å²) in [6.07, 6.45) is 1.09. The van der Waals surface area contributed by atoms with E-state index in [1.165, 1.54) is 4.90 Å². The van der Waals surface area contributed by atoms with Gasteiger partial charge in [-0.05, 0) is 67.9 Å². The molecule has 1 N–H and O–H groups in total. The molecule has 0 fully saturated rings. The molecule has 33 heavy (non-hydrogen) atoms. The lowest BCUT2D eigenvalue weighted by molar-refractivity contribution is -0.116. The predicted molar refractivity (Wildman–Crippen MR) is 135 cm³/mol. The van der Waals surface area contributed by atoms with E-state index in [9.17, 15) is 13.2 Å². The van der Waals surface area contributed by atoms with Crippen molar-refractivity contribution >= 4 is 39.1 Å². The summed E-state index contributed by atoms with van der Waals surface area (Å²) in [6.45, 7) is 3.95. The summed E-state index contributed by atoms with van der Waals surface area (Å²) in [4.78, 5) is 14.1. The summed E-state index contributed by atoms with van der Waals surface area (Å²) in [5.74, 6) is 1.03. The van der Waals surface area contributed by atoms with Crippen molar-refractivity contribution in [2.24, 2.45) is 0 Å². The molecule has 0 saturated heterocycles. The summed E-state index contributed by atoms with van der Waals surface area (Å²) in [6, 6.07) is 23.4. The van der Waals surface area contributed by atoms with Gasteiger partial charge in [0.05, 0.1) is 18.6 Å². The molecule has 6 nitrogen and oxygen atoms in total. The van der Waals surface area contributed by atoms with E-state index in [4.69, 9.17) is 4.74 Å². The first-order valence-corrected chi connectivity index (χ1v) is 13.4. The molecule has 8 heteroatoms. The van der Waals surface area contributed by atoms with Crippen LogP contribution < -0.4 is 14.4 Å². The lowest BCUT2D eigenvalue weighted by Crippen LogP contribution is -2.45. The maximum Gasteiger partial charge on any atom is 0.247 e. The van der Waals surface area contributed by atoms with Crippen LogP contribution in [0.5, 0.6) is 5.75 Å². The quantitative estimate of drug-likeness (QED) is 0.402. The lowest BCUT2D eigenvalue weighted by Gasteiger charge is -2.28. The zero-order chi connectivity index (χ0) is 23.8. The smallest absolute Gasteiger partial charge is 0.247 e. The Bertz CT molecular complexity index is 1150. The van der Waals surface area contributed by atoms with E-state index in [1.807, 2.05) is 49.4 Å². The van der Waals surface area contributed by atoms with Crippen LogP contribution in [0.4, 0.5) is 11.4 Å². The van der Waals surface area contributed by atoms with Crippen LogP contribution in [0, 0.1) is 0 Å². The normalized spacial score (nSPS) is 12.1. The molecule has 3 aromatic rings. The van der Waals surface area contributed by atoms with Gasteiger partial charge >= 0.3 is 0 Å². The number of amides is 1. The van der Waals surface area contributed by atoms with E-state index >= 15 is 0 Å². The Hall–Kier alpha value is -2.97. The van der Waals surface area contributed by atoms with Crippen molar-refractivity contribution in [3.05, 3.63) is 84.4 Å².